The minimum atomic E-state index is -0.525. The quantitative estimate of drug-likeness (QED) is 0.741. The van der Waals surface area contributed by atoms with Crippen molar-refractivity contribution < 1.29 is 14.7 Å². The standard InChI is InChI=1S/C15H20N2O3/c18-10-6-2-5-9-16-15(19)14-11-13(17-20-14)12-7-3-1-4-8-12/h1,3-4,7-8,14,18H,2,5-6,9-11H2,(H,16,19). The van der Waals surface area contributed by atoms with Crippen molar-refractivity contribution >= 4 is 11.6 Å². The molecule has 1 atom stereocenters. The summed E-state index contributed by atoms with van der Waals surface area (Å²) in [6, 6.07) is 9.73. The van der Waals surface area contributed by atoms with Crippen LogP contribution in [0.2, 0.25) is 0 Å². The van der Waals surface area contributed by atoms with E-state index in [0.717, 1.165) is 30.5 Å². The number of nitrogens with zero attached hydrogens (tertiary/aromatic N) is 1. The van der Waals surface area contributed by atoms with Crippen molar-refractivity contribution in [3.8, 4) is 0 Å². The lowest BCUT2D eigenvalue weighted by Crippen LogP contribution is -2.35. The molecule has 0 bridgehead atoms. The number of benzene rings is 1. The second kappa shape index (κ2) is 7.65. The summed E-state index contributed by atoms with van der Waals surface area (Å²) in [5.41, 5.74) is 1.80. The number of aliphatic hydroxyl groups excluding tert-OH is 1. The average molecular weight is 276 g/mol. The van der Waals surface area contributed by atoms with Crippen molar-refractivity contribution in [3.05, 3.63) is 35.9 Å². The molecule has 0 spiro atoms. The lowest BCUT2D eigenvalue weighted by molar-refractivity contribution is -0.131. The van der Waals surface area contributed by atoms with Gasteiger partial charge in [-0.3, -0.25) is 4.79 Å². The van der Waals surface area contributed by atoms with Gasteiger partial charge in [0.05, 0.1) is 5.71 Å². The van der Waals surface area contributed by atoms with Crippen LogP contribution in [0.15, 0.2) is 35.5 Å². The molecular weight excluding hydrogens is 256 g/mol. The Hall–Kier alpha value is -1.88. The summed E-state index contributed by atoms with van der Waals surface area (Å²) >= 11 is 0. The van der Waals surface area contributed by atoms with Crippen LogP contribution in [0.25, 0.3) is 0 Å². The van der Waals surface area contributed by atoms with E-state index in [1.807, 2.05) is 30.3 Å². The first-order valence-electron chi connectivity index (χ1n) is 6.98. The highest BCUT2D eigenvalue weighted by Crippen LogP contribution is 2.16. The minimum absolute atomic E-state index is 0.122. The normalized spacial score (nSPS) is 17.4. The lowest BCUT2D eigenvalue weighted by Gasteiger charge is -2.09. The molecule has 0 aromatic heterocycles. The fourth-order valence-corrected chi connectivity index (χ4v) is 2.06. The van der Waals surface area contributed by atoms with Crippen LogP contribution in [0.3, 0.4) is 0 Å². The topological polar surface area (TPSA) is 70.9 Å². The molecule has 5 heteroatoms. The molecular formula is C15H20N2O3. The van der Waals surface area contributed by atoms with E-state index in [2.05, 4.69) is 10.5 Å². The van der Waals surface area contributed by atoms with Gasteiger partial charge in [-0.2, -0.15) is 0 Å². The molecule has 1 aliphatic rings. The van der Waals surface area contributed by atoms with Crippen LogP contribution in [0.1, 0.15) is 31.2 Å². The van der Waals surface area contributed by atoms with Gasteiger partial charge >= 0.3 is 0 Å². The van der Waals surface area contributed by atoms with Crippen LogP contribution in [-0.2, 0) is 9.63 Å². The van der Waals surface area contributed by atoms with E-state index in [1.54, 1.807) is 0 Å². The summed E-state index contributed by atoms with van der Waals surface area (Å²) in [6.45, 7) is 0.813. The van der Waals surface area contributed by atoms with Gasteiger partial charge < -0.3 is 15.3 Å². The summed E-state index contributed by atoms with van der Waals surface area (Å²) in [6.07, 6.45) is 2.53. The summed E-state index contributed by atoms with van der Waals surface area (Å²) in [4.78, 5) is 17.1. The van der Waals surface area contributed by atoms with E-state index in [4.69, 9.17) is 9.94 Å². The zero-order chi connectivity index (χ0) is 14.2. The van der Waals surface area contributed by atoms with Gasteiger partial charge in [0.15, 0.2) is 0 Å². The fourth-order valence-electron chi connectivity index (χ4n) is 2.06. The van der Waals surface area contributed by atoms with Gasteiger partial charge in [-0.15, -0.1) is 0 Å². The molecule has 1 aromatic rings. The van der Waals surface area contributed by atoms with Gasteiger partial charge in [0.2, 0.25) is 6.10 Å². The maximum atomic E-state index is 11.9. The summed E-state index contributed by atoms with van der Waals surface area (Å²) in [7, 11) is 0. The maximum absolute atomic E-state index is 11.9. The first kappa shape index (κ1) is 14.5. The minimum Gasteiger partial charge on any atom is -0.396 e. The van der Waals surface area contributed by atoms with Crippen LogP contribution >= 0.6 is 0 Å². The number of aliphatic hydroxyl groups is 1. The third kappa shape index (κ3) is 4.06. The number of carbonyl (C=O) groups is 1. The zero-order valence-electron chi connectivity index (χ0n) is 11.4. The van der Waals surface area contributed by atoms with E-state index < -0.39 is 6.10 Å². The highest BCUT2D eigenvalue weighted by atomic mass is 16.6. The van der Waals surface area contributed by atoms with Gasteiger partial charge in [-0.25, -0.2) is 0 Å². The molecule has 0 radical (unpaired) electrons. The summed E-state index contributed by atoms with van der Waals surface area (Å²) < 4.78 is 0. The number of amides is 1. The lowest BCUT2D eigenvalue weighted by atomic mass is 10.0. The van der Waals surface area contributed by atoms with E-state index in [1.165, 1.54) is 0 Å². The predicted molar refractivity (Wildman–Crippen MR) is 76.4 cm³/mol. The molecule has 0 fully saturated rings. The molecule has 20 heavy (non-hydrogen) atoms. The number of hydrogen-bond acceptors (Lipinski definition) is 4. The Balaban J connectivity index is 1.73. The third-order valence-electron chi connectivity index (χ3n) is 3.20. The fraction of sp³-hybridized carbons (Fsp3) is 0.467. The highest BCUT2D eigenvalue weighted by Gasteiger charge is 2.28. The molecule has 2 rings (SSSR count). The van der Waals surface area contributed by atoms with Crippen LogP contribution in [0, 0.1) is 0 Å². The largest absolute Gasteiger partial charge is 0.396 e. The van der Waals surface area contributed by atoms with Crippen molar-refractivity contribution in [1.29, 1.82) is 0 Å². The molecule has 108 valence electrons. The molecule has 5 nitrogen and oxygen atoms in total. The van der Waals surface area contributed by atoms with Crippen molar-refractivity contribution in [1.82, 2.24) is 5.32 Å². The van der Waals surface area contributed by atoms with Crippen LogP contribution < -0.4 is 5.32 Å². The Kier molecular flexibility index (Phi) is 5.55. The zero-order valence-corrected chi connectivity index (χ0v) is 11.4. The Labute approximate surface area is 118 Å². The van der Waals surface area contributed by atoms with E-state index in [0.29, 0.717) is 13.0 Å². The highest BCUT2D eigenvalue weighted by molar-refractivity contribution is 6.04. The number of carbonyl (C=O) groups excluding carboxylic acids is 1. The van der Waals surface area contributed by atoms with Crippen molar-refractivity contribution in [2.45, 2.75) is 31.8 Å². The van der Waals surface area contributed by atoms with Crippen molar-refractivity contribution in [3.63, 3.8) is 0 Å². The van der Waals surface area contributed by atoms with E-state index in [9.17, 15) is 4.79 Å². The molecule has 0 saturated carbocycles. The first-order chi connectivity index (χ1) is 9.81. The Morgan fingerprint density at radius 2 is 2.10 bits per heavy atom. The molecule has 1 aromatic carbocycles. The molecule has 0 saturated heterocycles. The number of nitrogens with one attached hydrogen (secondary N) is 1. The van der Waals surface area contributed by atoms with E-state index in [-0.39, 0.29) is 12.5 Å². The number of unbranched alkanes of at least 4 members (excludes halogenated alkanes) is 2. The van der Waals surface area contributed by atoms with Gasteiger partial charge in [0.1, 0.15) is 0 Å². The second-order valence-electron chi connectivity index (χ2n) is 4.78. The van der Waals surface area contributed by atoms with E-state index >= 15 is 0 Å². The van der Waals surface area contributed by atoms with Gasteiger partial charge in [0, 0.05) is 19.6 Å². The van der Waals surface area contributed by atoms with Crippen molar-refractivity contribution in [2.24, 2.45) is 5.16 Å². The Morgan fingerprint density at radius 3 is 2.85 bits per heavy atom. The van der Waals surface area contributed by atoms with Gasteiger partial charge in [-0.05, 0) is 24.8 Å². The molecule has 1 amide bonds. The SMILES string of the molecule is O=C(NCCCCCO)C1CC(c2ccccc2)=NO1. The van der Waals surface area contributed by atoms with Crippen LogP contribution in [0.5, 0.6) is 0 Å². The number of oxime groups is 1. The second-order valence-corrected chi connectivity index (χ2v) is 4.78. The number of rotatable bonds is 7. The smallest absolute Gasteiger partial charge is 0.264 e. The third-order valence-corrected chi connectivity index (χ3v) is 3.20. The molecule has 1 unspecified atom stereocenters. The average Bonchev–Trinajstić information content (AvgIpc) is 2.98. The molecule has 1 heterocycles. The number of hydrogen-bond donors (Lipinski definition) is 2. The van der Waals surface area contributed by atoms with Crippen LogP contribution in [-0.4, -0.2) is 36.0 Å². The molecule has 0 aliphatic carbocycles. The van der Waals surface area contributed by atoms with Gasteiger partial charge in [-0.1, -0.05) is 35.5 Å². The summed E-state index contributed by atoms with van der Waals surface area (Å²) in [5.74, 6) is -0.122. The summed E-state index contributed by atoms with van der Waals surface area (Å²) in [5, 5.41) is 15.5. The first-order valence-corrected chi connectivity index (χ1v) is 6.98. The van der Waals surface area contributed by atoms with Crippen LogP contribution in [0.4, 0.5) is 0 Å². The predicted octanol–water partition coefficient (Wildman–Crippen LogP) is 1.46. The Bertz CT molecular complexity index is 459. The Morgan fingerprint density at radius 1 is 1.30 bits per heavy atom. The molecule has 2 N–H and O–H groups in total. The van der Waals surface area contributed by atoms with Crippen molar-refractivity contribution in [2.75, 3.05) is 13.2 Å². The maximum Gasteiger partial charge on any atom is 0.264 e. The molecule has 1 aliphatic heterocycles. The van der Waals surface area contributed by atoms with Gasteiger partial charge in [0.25, 0.3) is 5.91 Å². The monoisotopic (exact) mass is 276 g/mol.